The molecule has 0 spiro atoms. The average Bonchev–Trinajstić information content (AvgIpc) is 2.87. The summed E-state index contributed by atoms with van der Waals surface area (Å²) in [6, 6.07) is 8.91. The lowest BCUT2D eigenvalue weighted by molar-refractivity contribution is -0.141. The molecular weight excluding hydrogens is 604 g/mol. The zero-order valence-electron chi connectivity index (χ0n) is 21.9. The molecule has 0 heterocycles. The molecule has 0 saturated heterocycles. The highest BCUT2D eigenvalue weighted by Gasteiger charge is 2.29. The first-order valence-corrected chi connectivity index (χ1v) is 16.2. The van der Waals surface area contributed by atoms with Gasteiger partial charge in [0.25, 0.3) is 0 Å². The summed E-state index contributed by atoms with van der Waals surface area (Å²) in [6.07, 6.45) is 6.32. The summed E-state index contributed by atoms with van der Waals surface area (Å²) in [4.78, 5) is 28.2. The first-order chi connectivity index (χ1) is 18.4. The van der Waals surface area contributed by atoms with Crippen LogP contribution in [0.15, 0.2) is 36.4 Å². The molecule has 1 atom stereocenters. The second-order valence-corrected chi connectivity index (χ2v) is 13.3. The molecule has 1 fully saturated rings. The molecule has 0 aliphatic heterocycles. The van der Waals surface area contributed by atoms with Gasteiger partial charge < -0.3 is 10.2 Å². The maximum Gasteiger partial charge on any atom is 0.242 e. The first-order valence-electron chi connectivity index (χ1n) is 12.8. The molecule has 1 saturated carbocycles. The number of nitrogens with one attached hydrogen (secondary N) is 1. The average molecular weight is 637 g/mol. The van der Waals surface area contributed by atoms with E-state index >= 15 is 0 Å². The zero-order chi connectivity index (χ0) is 28.7. The van der Waals surface area contributed by atoms with Gasteiger partial charge in [0, 0.05) is 46.2 Å². The molecular formula is C27H33Cl4N3O4S. The van der Waals surface area contributed by atoms with Crippen molar-refractivity contribution >= 4 is 73.9 Å². The van der Waals surface area contributed by atoms with Gasteiger partial charge in [-0.3, -0.25) is 13.9 Å². The number of hydrogen-bond acceptors (Lipinski definition) is 4. The topological polar surface area (TPSA) is 86.8 Å². The maximum atomic E-state index is 13.5. The molecule has 2 aromatic rings. The van der Waals surface area contributed by atoms with Crippen molar-refractivity contribution in [2.24, 2.45) is 0 Å². The van der Waals surface area contributed by atoms with Crippen LogP contribution in [0.2, 0.25) is 20.1 Å². The van der Waals surface area contributed by atoms with Crippen LogP contribution in [0.4, 0.5) is 5.69 Å². The maximum absolute atomic E-state index is 13.5. The third-order valence-corrected chi connectivity index (χ3v) is 9.28. The number of rotatable bonds is 11. The number of anilines is 1. The van der Waals surface area contributed by atoms with E-state index in [0.29, 0.717) is 20.6 Å². The highest BCUT2D eigenvalue weighted by molar-refractivity contribution is 7.92. The van der Waals surface area contributed by atoms with Gasteiger partial charge in [-0.25, -0.2) is 8.42 Å². The van der Waals surface area contributed by atoms with Crippen molar-refractivity contribution in [2.75, 3.05) is 17.1 Å². The van der Waals surface area contributed by atoms with E-state index in [0.717, 1.165) is 42.7 Å². The van der Waals surface area contributed by atoms with Gasteiger partial charge in [-0.05, 0) is 56.5 Å². The fraction of sp³-hybridized carbons (Fsp3) is 0.481. The second kappa shape index (κ2) is 14.3. The van der Waals surface area contributed by atoms with E-state index < -0.39 is 16.1 Å². The lowest BCUT2D eigenvalue weighted by Crippen LogP contribution is -2.50. The fourth-order valence-corrected chi connectivity index (χ4v) is 6.59. The third-order valence-electron chi connectivity index (χ3n) is 6.84. The van der Waals surface area contributed by atoms with E-state index in [-0.39, 0.29) is 54.5 Å². The fourth-order valence-electron chi connectivity index (χ4n) is 4.66. The van der Waals surface area contributed by atoms with Crippen LogP contribution in [0.5, 0.6) is 0 Å². The number of sulfonamides is 1. The molecule has 0 bridgehead atoms. The summed E-state index contributed by atoms with van der Waals surface area (Å²) in [5.41, 5.74) is 0.772. The molecule has 214 valence electrons. The van der Waals surface area contributed by atoms with Crippen LogP contribution < -0.4 is 9.62 Å². The molecule has 1 aliphatic carbocycles. The van der Waals surface area contributed by atoms with Gasteiger partial charge in [0.15, 0.2) is 0 Å². The van der Waals surface area contributed by atoms with Crippen molar-refractivity contribution in [3.8, 4) is 0 Å². The van der Waals surface area contributed by atoms with Crippen molar-refractivity contribution in [1.29, 1.82) is 0 Å². The van der Waals surface area contributed by atoms with Gasteiger partial charge in [0.1, 0.15) is 6.04 Å². The minimum absolute atomic E-state index is 0.00598. The Balaban J connectivity index is 1.78. The van der Waals surface area contributed by atoms with E-state index in [9.17, 15) is 18.0 Å². The predicted molar refractivity (Wildman–Crippen MR) is 159 cm³/mol. The Labute approximate surface area is 250 Å². The summed E-state index contributed by atoms with van der Waals surface area (Å²) in [6.45, 7) is 1.70. The molecule has 0 unspecified atom stereocenters. The molecule has 12 heteroatoms. The number of halogens is 4. The van der Waals surface area contributed by atoms with Gasteiger partial charge >= 0.3 is 0 Å². The Morgan fingerprint density at radius 3 is 2.26 bits per heavy atom. The van der Waals surface area contributed by atoms with Gasteiger partial charge in [-0.15, -0.1) is 0 Å². The van der Waals surface area contributed by atoms with Crippen LogP contribution in [0.3, 0.4) is 0 Å². The lowest BCUT2D eigenvalue weighted by atomic mass is 9.95. The number of benzene rings is 2. The van der Waals surface area contributed by atoms with E-state index in [1.165, 1.54) is 17.0 Å². The van der Waals surface area contributed by atoms with Gasteiger partial charge in [0.2, 0.25) is 21.8 Å². The zero-order valence-corrected chi connectivity index (χ0v) is 25.8. The van der Waals surface area contributed by atoms with Crippen molar-refractivity contribution < 1.29 is 18.0 Å². The van der Waals surface area contributed by atoms with E-state index in [1.807, 2.05) is 0 Å². The molecule has 2 aromatic carbocycles. The Hall–Kier alpha value is -1.71. The van der Waals surface area contributed by atoms with Gasteiger partial charge in [-0.2, -0.15) is 0 Å². The third kappa shape index (κ3) is 8.89. The summed E-state index contributed by atoms with van der Waals surface area (Å²) in [7, 11) is -3.72. The van der Waals surface area contributed by atoms with Crippen molar-refractivity contribution in [1.82, 2.24) is 10.2 Å². The summed E-state index contributed by atoms with van der Waals surface area (Å²) < 4.78 is 26.2. The van der Waals surface area contributed by atoms with Crippen LogP contribution in [-0.2, 0) is 26.2 Å². The van der Waals surface area contributed by atoms with Gasteiger partial charge in [-0.1, -0.05) is 71.7 Å². The van der Waals surface area contributed by atoms with Crippen molar-refractivity contribution in [3.05, 3.63) is 62.1 Å². The molecule has 39 heavy (non-hydrogen) atoms. The summed E-state index contributed by atoms with van der Waals surface area (Å²) >= 11 is 25.1. The highest BCUT2D eigenvalue weighted by Crippen LogP contribution is 2.31. The molecule has 7 nitrogen and oxygen atoms in total. The quantitative estimate of drug-likeness (QED) is 0.297. The first kappa shape index (κ1) is 31.8. The van der Waals surface area contributed by atoms with Gasteiger partial charge in [0.05, 0.1) is 17.0 Å². The standard InChI is InChI=1S/C27H33Cl4N3O4S/c1-18(27(36)32-20-8-4-3-5-9-20)33(17-21-22(29)10-6-11-23(21)30)26(35)12-7-15-34(39(2,37)38)25-16-19(28)13-14-24(25)31/h6,10-11,13-14,16,18,20H,3-5,7-9,12,15,17H2,1-2H3,(H,32,36)/t18-/m1/s1. The largest absolute Gasteiger partial charge is 0.352 e. The Morgan fingerprint density at radius 2 is 1.64 bits per heavy atom. The Kier molecular flexibility index (Phi) is 11.6. The summed E-state index contributed by atoms with van der Waals surface area (Å²) in [5, 5.41) is 4.41. The number of amides is 2. The predicted octanol–water partition coefficient (Wildman–Crippen LogP) is 6.71. The lowest BCUT2D eigenvalue weighted by Gasteiger charge is -2.32. The second-order valence-electron chi connectivity index (χ2n) is 9.78. The van der Waals surface area contributed by atoms with E-state index in [2.05, 4.69) is 5.32 Å². The van der Waals surface area contributed by atoms with Crippen molar-refractivity contribution in [3.63, 3.8) is 0 Å². The number of hydrogen-bond donors (Lipinski definition) is 1. The summed E-state index contributed by atoms with van der Waals surface area (Å²) in [5.74, 6) is -0.579. The Bertz CT molecular complexity index is 1270. The SMILES string of the molecule is C[C@H](C(=O)NC1CCCCC1)N(Cc1c(Cl)cccc1Cl)C(=O)CCCN(c1cc(Cl)ccc1Cl)S(C)(=O)=O. The molecule has 2 amide bonds. The monoisotopic (exact) mass is 635 g/mol. The van der Waals surface area contributed by atoms with Crippen LogP contribution in [0.1, 0.15) is 57.4 Å². The number of nitrogens with zero attached hydrogens (tertiary/aromatic N) is 2. The molecule has 0 aromatic heterocycles. The van der Waals surface area contributed by atoms with Crippen LogP contribution in [-0.4, -0.2) is 50.0 Å². The van der Waals surface area contributed by atoms with Crippen molar-refractivity contribution in [2.45, 2.75) is 70.5 Å². The molecule has 1 N–H and O–H groups in total. The molecule has 0 radical (unpaired) electrons. The minimum Gasteiger partial charge on any atom is -0.352 e. The minimum atomic E-state index is -3.72. The molecule has 1 aliphatic rings. The van der Waals surface area contributed by atoms with Crippen LogP contribution in [0, 0.1) is 0 Å². The number of carbonyl (C=O) groups excluding carboxylic acids is 2. The highest BCUT2D eigenvalue weighted by atomic mass is 35.5. The van der Waals surface area contributed by atoms with Crippen LogP contribution >= 0.6 is 46.4 Å². The Morgan fingerprint density at radius 1 is 1.00 bits per heavy atom. The van der Waals surface area contributed by atoms with E-state index in [1.54, 1.807) is 31.2 Å². The normalized spacial score (nSPS) is 15.0. The smallest absolute Gasteiger partial charge is 0.242 e. The molecule has 3 rings (SSSR count). The van der Waals surface area contributed by atoms with Crippen LogP contribution in [0.25, 0.3) is 0 Å². The van der Waals surface area contributed by atoms with E-state index in [4.69, 9.17) is 46.4 Å². The number of carbonyl (C=O) groups is 2.